The Balaban J connectivity index is 3.56. The molecule has 7 heteroatoms. The van der Waals surface area contributed by atoms with Gasteiger partial charge >= 0.3 is 8.80 Å². The fraction of sp³-hybridized carbons (Fsp3) is 1.00. The van der Waals surface area contributed by atoms with E-state index in [9.17, 15) is 0 Å². The van der Waals surface area contributed by atoms with Gasteiger partial charge in [0.25, 0.3) is 0 Å². The van der Waals surface area contributed by atoms with Gasteiger partial charge in [-0.15, -0.1) is 0 Å². The van der Waals surface area contributed by atoms with Crippen LogP contribution in [0.15, 0.2) is 0 Å². The van der Waals surface area contributed by atoms with Crippen LogP contribution in [0.5, 0.6) is 0 Å². The normalized spacial score (nSPS) is 13.0. The van der Waals surface area contributed by atoms with Crippen molar-refractivity contribution >= 4 is 17.0 Å². The van der Waals surface area contributed by atoms with E-state index in [1.165, 1.54) is 0 Å². The average molecular weight is 295 g/mol. The van der Waals surface area contributed by atoms with Gasteiger partial charge in [0.05, 0.1) is 0 Å². The smallest absolute Gasteiger partial charge is 0.377 e. The minimum Gasteiger partial charge on any atom is -0.377 e. The lowest BCUT2D eigenvalue weighted by molar-refractivity contribution is 0.123. The molecule has 0 aromatic carbocycles. The zero-order valence-corrected chi connectivity index (χ0v) is 14.8. The van der Waals surface area contributed by atoms with Crippen molar-refractivity contribution in [1.82, 2.24) is 10.3 Å². The predicted molar refractivity (Wildman–Crippen MR) is 80.4 cm³/mol. The first-order valence-electron chi connectivity index (χ1n) is 6.50. The maximum Gasteiger partial charge on any atom is 0.500 e. The minimum atomic E-state index is -2.36. The number of rotatable bonds is 11. The first-order valence-corrected chi connectivity index (χ1v) is 11.9. The SMILES string of the molecule is CO[Si](CCCNCCN[Si](C)(C)C)(OC)OC. The molecule has 0 spiro atoms. The summed E-state index contributed by atoms with van der Waals surface area (Å²) in [7, 11) is 1.49. The second-order valence-corrected chi connectivity index (χ2v) is 13.3. The molecule has 0 amide bonds. The highest BCUT2D eigenvalue weighted by molar-refractivity contribution is 6.73. The van der Waals surface area contributed by atoms with Crippen LogP contribution < -0.4 is 10.3 Å². The number of hydrogen-bond donors (Lipinski definition) is 2. The van der Waals surface area contributed by atoms with Crippen LogP contribution in [-0.4, -0.2) is 58.0 Å². The third kappa shape index (κ3) is 8.36. The van der Waals surface area contributed by atoms with E-state index in [0.29, 0.717) is 0 Å². The molecule has 0 fully saturated rings. The minimum absolute atomic E-state index is 0.852. The fourth-order valence-electron chi connectivity index (χ4n) is 1.64. The summed E-state index contributed by atoms with van der Waals surface area (Å²) >= 11 is 0. The van der Waals surface area contributed by atoms with Crippen molar-refractivity contribution in [2.75, 3.05) is 41.0 Å². The standard InChI is InChI=1S/C11H30N2O3Si2/c1-14-18(15-2,16-3)11-7-8-12-9-10-13-17(4,5)6/h12-13H,7-11H2,1-6H3. The zero-order chi connectivity index (χ0) is 14.1. The summed E-state index contributed by atoms with van der Waals surface area (Å²) in [6.07, 6.45) is 1.01. The molecule has 0 saturated heterocycles. The molecule has 0 saturated carbocycles. The molecule has 0 radical (unpaired) electrons. The molecule has 0 aromatic heterocycles. The van der Waals surface area contributed by atoms with E-state index in [2.05, 4.69) is 29.9 Å². The van der Waals surface area contributed by atoms with Crippen molar-refractivity contribution in [2.45, 2.75) is 32.1 Å². The van der Waals surface area contributed by atoms with Crippen LogP contribution in [-0.2, 0) is 13.3 Å². The molecule has 110 valence electrons. The summed E-state index contributed by atoms with van der Waals surface area (Å²) in [6.45, 7) is 9.94. The highest BCUT2D eigenvalue weighted by Crippen LogP contribution is 2.14. The van der Waals surface area contributed by atoms with Gasteiger partial charge in [-0.25, -0.2) is 0 Å². The maximum absolute atomic E-state index is 5.37. The van der Waals surface area contributed by atoms with Crippen LogP contribution in [0.1, 0.15) is 6.42 Å². The molecule has 18 heavy (non-hydrogen) atoms. The summed E-state index contributed by atoms with van der Waals surface area (Å²) in [5, 5.41) is 3.42. The number of nitrogens with one attached hydrogen (secondary N) is 2. The molecule has 0 atom stereocenters. The Hall–Kier alpha value is 0.234. The second kappa shape index (κ2) is 9.19. The topological polar surface area (TPSA) is 51.8 Å². The first-order chi connectivity index (χ1) is 8.39. The van der Waals surface area contributed by atoms with E-state index >= 15 is 0 Å². The summed E-state index contributed by atoms with van der Waals surface area (Å²) < 4.78 is 16.1. The van der Waals surface area contributed by atoms with Crippen LogP contribution in [0.25, 0.3) is 0 Å². The Labute approximate surface area is 114 Å². The van der Waals surface area contributed by atoms with Crippen LogP contribution in [0.3, 0.4) is 0 Å². The highest BCUT2D eigenvalue weighted by atomic mass is 28.4. The summed E-state index contributed by atoms with van der Waals surface area (Å²) in [5.41, 5.74) is 0. The van der Waals surface area contributed by atoms with Gasteiger partial charge < -0.3 is 23.6 Å². The van der Waals surface area contributed by atoms with Crippen molar-refractivity contribution < 1.29 is 13.3 Å². The average Bonchev–Trinajstić information content (AvgIpc) is 2.32. The monoisotopic (exact) mass is 294 g/mol. The fourth-order valence-corrected chi connectivity index (χ4v) is 4.23. The predicted octanol–water partition coefficient (Wildman–Crippen LogP) is 1.27. The first kappa shape index (κ1) is 18.2. The molecule has 5 nitrogen and oxygen atoms in total. The van der Waals surface area contributed by atoms with E-state index in [-0.39, 0.29) is 0 Å². The lowest BCUT2D eigenvalue weighted by Gasteiger charge is -2.24. The third-order valence-corrected chi connectivity index (χ3v) is 6.87. The van der Waals surface area contributed by atoms with Crippen molar-refractivity contribution in [1.29, 1.82) is 0 Å². The Morgan fingerprint density at radius 2 is 1.39 bits per heavy atom. The second-order valence-electron chi connectivity index (χ2n) is 5.33. The molecule has 0 heterocycles. The molecule has 0 rings (SSSR count). The summed E-state index contributed by atoms with van der Waals surface area (Å²) in [6, 6.07) is 0.852. The van der Waals surface area contributed by atoms with Crippen molar-refractivity contribution in [3.05, 3.63) is 0 Å². The van der Waals surface area contributed by atoms with Crippen LogP contribution >= 0.6 is 0 Å². The molecule has 2 N–H and O–H groups in total. The Morgan fingerprint density at radius 1 is 0.833 bits per heavy atom. The Bertz CT molecular complexity index is 201. The molecule has 0 aliphatic carbocycles. The van der Waals surface area contributed by atoms with Gasteiger partial charge in [0, 0.05) is 40.5 Å². The molecule has 0 bridgehead atoms. The van der Waals surface area contributed by atoms with Gasteiger partial charge in [-0.05, 0) is 13.0 Å². The van der Waals surface area contributed by atoms with Gasteiger partial charge in [0.2, 0.25) is 0 Å². The van der Waals surface area contributed by atoms with Crippen molar-refractivity contribution in [2.24, 2.45) is 0 Å². The van der Waals surface area contributed by atoms with Crippen molar-refractivity contribution in [3.63, 3.8) is 0 Å². The van der Waals surface area contributed by atoms with E-state index < -0.39 is 17.0 Å². The van der Waals surface area contributed by atoms with E-state index in [1.807, 2.05) is 0 Å². The van der Waals surface area contributed by atoms with Gasteiger partial charge in [-0.3, -0.25) is 0 Å². The zero-order valence-electron chi connectivity index (χ0n) is 12.8. The van der Waals surface area contributed by atoms with Crippen molar-refractivity contribution in [3.8, 4) is 0 Å². The summed E-state index contributed by atoms with van der Waals surface area (Å²) in [4.78, 5) is 3.57. The van der Waals surface area contributed by atoms with Gasteiger partial charge in [-0.1, -0.05) is 19.6 Å². The van der Waals surface area contributed by atoms with E-state index in [1.54, 1.807) is 21.3 Å². The number of hydrogen-bond acceptors (Lipinski definition) is 5. The van der Waals surface area contributed by atoms with Crippen LogP contribution in [0.4, 0.5) is 0 Å². The molecule has 0 aliphatic rings. The van der Waals surface area contributed by atoms with Crippen LogP contribution in [0.2, 0.25) is 25.7 Å². The lowest BCUT2D eigenvalue weighted by Crippen LogP contribution is -2.45. The Kier molecular flexibility index (Phi) is 9.31. The highest BCUT2D eigenvalue weighted by Gasteiger charge is 2.36. The molecule has 0 aromatic rings. The van der Waals surface area contributed by atoms with Gasteiger partial charge in [0.15, 0.2) is 0 Å². The molecular weight excluding hydrogens is 264 g/mol. The largest absolute Gasteiger partial charge is 0.500 e. The lowest BCUT2D eigenvalue weighted by atomic mass is 10.5. The molecular formula is C11H30N2O3Si2. The van der Waals surface area contributed by atoms with E-state index in [4.69, 9.17) is 13.3 Å². The van der Waals surface area contributed by atoms with Gasteiger partial charge in [0.1, 0.15) is 8.24 Å². The Morgan fingerprint density at radius 3 is 1.83 bits per heavy atom. The molecule has 0 unspecified atom stereocenters. The molecule has 0 aliphatic heterocycles. The van der Waals surface area contributed by atoms with Crippen LogP contribution in [0, 0.1) is 0 Å². The quantitative estimate of drug-likeness (QED) is 0.444. The maximum atomic E-state index is 5.37. The van der Waals surface area contributed by atoms with E-state index in [0.717, 1.165) is 32.1 Å². The third-order valence-electron chi connectivity index (χ3n) is 2.73. The summed E-state index contributed by atoms with van der Waals surface area (Å²) in [5.74, 6) is 0. The van der Waals surface area contributed by atoms with Gasteiger partial charge in [-0.2, -0.15) is 0 Å².